The Bertz CT molecular complexity index is 1660. The van der Waals surface area contributed by atoms with Gasteiger partial charge in [0, 0.05) is 35.0 Å². The minimum Gasteiger partial charge on any atom is -0.489 e. The summed E-state index contributed by atoms with van der Waals surface area (Å²) in [6.07, 6.45) is 3.51. The standard InChI is InChI=1S/C31H23ClN4O3/c1-20-27(30(37)35(2)31(38)28(20)17-33)16-23-18-36(25-6-4-3-5-7-25)34-29(23)22-10-14-26(15-11-22)39-19-21-8-12-24(32)13-9-21/h3-16,18H,19H2,1-2H3. The molecule has 3 aromatic carbocycles. The highest BCUT2D eigenvalue weighted by Crippen LogP contribution is 2.31. The zero-order valence-electron chi connectivity index (χ0n) is 21.3. The predicted molar refractivity (Wildman–Crippen MR) is 149 cm³/mol. The molecule has 2 heterocycles. The third-order valence-corrected chi connectivity index (χ3v) is 6.71. The summed E-state index contributed by atoms with van der Waals surface area (Å²) >= 11 is 5.96. The fraction of sp³-hybridized carbons (Fsp3) is 0.0968. The van der Waals surface area contributed by atoms with E-state index < -0.39 is 11.8 Å². The third kappa shape index (κ3) is 5.24. The van der Waals surface area contributed by atoms with E-state index in [9.17, 15) is 14.9 Å². The first-order valence-electron chi connectivity index (χ1n) is 12.1. The van der Waals surface area contributed by atoms with Crippen LogP contribution in [0.25, 0.3) is 23.0 Å². The van der Waals surface area contributed by atoms with Crippen LogP contribution in [0.2, 0.25) is 5.02 Å². The minimum atomic E-state index is -0.605. The number of carbonyl (C=O) groups excluding carboxylic acids is 2. The lowest BCUT2D eigenvalue weighted by Crippen LogP contribution is -2.39. The largest absolute Gasteiger partial charge is 0.489 e. The normalized spacial score (nSPS) is 14.6. The summed E-state index contributed by atoms with van der Waals surface area (Å²) in [5.74, 6) is -0.386. The van der Waals surface area contributed by atoms with Crippen LogP contribution in [0.4, 0.5) is 0 Å². The fourth-order valence-corrected chi connectivity index (χ4v) is 4.37. The van der Waals surface area contributed by atoms with Gasteiger partial charge in [0.05, 0.1) is 11.4 Å². The van der Waals surface area contributed by atoms with Crippen LogP contribution < -0.4 is 4.74 Å². The SMILES string of the molecule is CC1=C(C#N)C(=O)N(C)C(=O)C1=Cc1cn(-c2ccccc2)nc1-c1ccc(OCc2ccc(Cl)cc2)cc1. The van der Waals surface area contributed by atoms with E-state index in [0.29, 0.717) is 34.2 Å². The molecule has 0 atom stereocenters. The molecule has 2 amide bonds. The van der Waals surface area contributed by atoms with Crippen LogP contribution in [0, 0.1) is 11.3 Å². The number of amides is 2. The number of ether oxygens (including phenoxy) is 1. The molecule has 0 saturated carbocycles. The number of aromatic nitrogens is 2. The van der Waals surface area contributed by atoms with Crippen LogP contribution in [0.5, 0.6) is 5.75 Å². The molecule has 0 fully saturated rings. The van der Waals surface area contributed by atoms with Crippen molar-refractivity contribution in [2.24, 2.45) is 0 Å². The zero-order chi connectivity index (χ0) is 27.5. The topological polar surface area (TPSA) is 88.2 Å². The van der Waals surface area contributed by atoms with E-state index in [0.717, 1.165) is 21.7 Å². The van der Waals surface area contributed by atoms with Crippen molar-refractivity contribution >= 4 is 29.5 Å². The second-order valence-electron chi connectivity index (χ2n) is 8.99. The van der Waals surface area contributed by atoms with Gasteiger partial charge in [0.25, 0.3) is 11.8 Å². The average molecular weight is 535 g/mol. The second-order valence-corrected chi connectivity index (χ2v) is 9.43. The Hall–Kier alpha value is -4.93. The zero-order valence-corrected chi connectivity index (χ0v) is 22.0. The van der Waals surface area contributed by atoms with Crippen LogP contribution in [-0.2, 0) is 16.2 Å². The number of nitriles is 1. The van der Waals surface area contributed by atoms with Crippen molar-refractivity contribution in [1.82, 2.24) is 14.7 Å². The lowest BCUT2D eigenvalue weighted by molar-refractivity contribution is -0.138. The Morgan fingerprint density at radius 3 is 2.33 bits per heavy atom. The number of para-hydroxylation sites is 1. The molecule has 0 spiro atoms. The van der Waals surface area contributed by atoms with Crippen LogP contribution in [0.3, 0.4) is 0 Å². The summed E-state index contributed by atoms with van der Waals surface area (Å²) in [6, 6.07) is 26.5. The minimum absolute atomic E-state index is 0.0532. The van der Waals surface area contributed by atoms with Gasteiger partial charge in [0.15, 0.2) is 0 Å². The average Bonchev–Trinajstić information content (AvgIpc) is 3.39. The van der Waals surface area contributed by atoms with E-state index >= 15 is 0 Å². The van der Waals surface area contributed by atoms with Crippen LogP contribution in [0.1, 0.15) is 18.1 Å². The summed E-state index contributed by atoms with van der Waals surface area (Å²) in [4.78, 5) is 26.4. The molecule has 192 valence electrons. The van der Waals surface area contributed by atoms with Gasteiger partial charge in [-0.05, 0) is 72.7 Å². The highest BCUT2D eigenvalue weighted by Gasteiger charge is 2.33. The maximum atomic E-state index is 13.0. The number of hydrogen-bond acceptors (Lipinski definition) is 5. The smallest absolute Gasteiger partial charge is 0.271 e. The number of hydrogen-bond donors (Lipinski definition) is 0. The molecule has 0 aliphatic carbocycles. The lowest BCUT2D eigenvalue weighted by atomic mass is 9.93. The predicted octanol–water partition coefficient (Wildman–Crippen LogP) is 5.99. The van der Waals surface area contributed by atoms with Crippen molar-refractivity contribution in [3.8, 4) is 28.8 Å². The van der Waals surface area contributed by atoms with Gasteiger partial charge in [-0.3, -0.25) is 14.5 Å². The number of halogens is 1. The van der Waals surface area contributed by atoms with E-state index in [1.807, 2.05) is 91.1 Å². The molecule has 8 heteroatoms. The van der Waals surface area contributed by atoms with Gasteiger partial charge in [0.1, 0.15) is 24.0 Å². The number of nitrogens with zero attached hydrogens (tertiary/aromatic N) is 4. The molecule has 0 unspecified atom stereocenters. The Balaban J connectivity index is 1.53. The summed E-state index contributed by atoms with van der Waals surface area (Å²) in [6.45, 7) is 2.01. The van der Waals surface area contributed by atoms with E-state index in [2.05, 4.69) is 0 Å². The number of likely N-dealkylation sites (N-methyl/N-ethyl adjacent to an activating group) is 1. The molecule has 5 rings (SSSR count). The Morgan fingerprint density at radius 1 is 0.974 bits per heavy atom. The van der Waals surface area contributed by atoms with Gasteiger partial charge < -0.3 is 4.74 Å². The summed E-state index contributed by atoms with van der Waals surface area (Å²) < 4.78 is 7.66. The highest BCUT2D eigenvalue weighted by molar-refractivity contribution is 6.30. The van der Waals surface area contributed by atoms with E-state index in [4.69, 9.17) is 21.4 Å². The van der Waals surface area contributed by atoms with Gasteiger partial charge in [-0.15, -0.1) is 0 Å². The number of benzene rings is 3. The summed E-state index contributed by atoms with van der Waals surface area (Å²) in [7, 11) is 1.37. The summed E-state index contributed by atoms with van der Waals surface area (Å²) in [5.41, 5.74) is 4.51. The fourth-order valence-electron chi connectivity index (χ4n) is 4.24. The molecule has 0 saturated heterocycles. The molecule has 1 aliphatic heterocycles. The number of imide groups is 1. The molecular formula is C31H23ClN4O3. The molecule has 7 nitrogen and oxygen atoms in total. The highest BCUT2D eigenvalue weighted by atomic mass is 35.5. The monoisotopic (exact) mass is 534 g/mol. The lowest BCUT2D eigenvalue weighted by Gasteiger charge is -2.23. The Labute approximate surface area is 230 Å². The van der Waals surface area contributed by atoms with E-state index in [1.54, 1.807) is 17.7 Å². The molecule has 0 bridgehead atoms. The molecule has 0 N–H and O–H groups in total. The molecule has 0 radical (unpaired) electrons. The van der Waals surface area contributed by atoms with E-state index in [-0.39, 0.29) is 11.1 Å². The van der Waals surface area contributed by atoms with Crippen molar-refractivity contribution in [1.29, 1.82) is 5.26 Å². The number of rotatable bonds is 6. The van der Waals surface area contributed by atoms with Crippen molar-refractivity contribution in [3.63, 3.8) is 0 Å². The Morgan fingerprint density at radius 2 is 1.67 bits per heavy atom. The van der Waals surface area contributed by atoms with Gasteiger partial charge in [-0.25, -0.2) is 4.68 Å². The molecular weight excluding hydrogens is 512 g/mol. The quantitative estimate of drug-likeness (QED) is 0.224. The van der Waals surface area contributed by atoms with Crippen LogP contribution >= 0.6 is 11.6 Å². The third-order valence-electron chi connectivity index (χ3n) is 6.45. The van der Waals surface area contributed by atoms with Gasteiger partial charge >= 0.3 is 0 Å². The van der Waals surface area contributed by atoms with Gasteiger partial charge in [-0.1, -0.05) is 41.9 Å². The maximum absolute atomic E-state index is 13.0. The molecule has 39 heavy (non-hydrogen) atoms. The maximum Gasteiger partial charge on any atom is 0.271 e. The first kappa shape index (κ1) is 25.7. The first-order chi connectivity index (χ1) is 18.9. The van der Waals surface area contributed by atoms with Gasteiger partial charge in [-0.2, -0.15) is 10.4 Å². The molecule has 1 aliphatic rings. The first-order valence-corrected chi connectivity index (χ1v) is 12.5. The second kappa shape index (κ2) is 10.8. The summed E-state index contributed by atoms with van der Waals surface area (Å²) in [5, 5.41) is 15.0. The van der Waals surface area contributed by atoms with Crippen molar-refractivity contribution < 1.29 is 14.3 Å². The number of carbonyl (C=O) groups is 2. The van der Waals surface area contributed by atoms with Gasteiger partial charge in [0.2, 0.25) is 0 Å². The van der Waals surface area contributed by atoms with Crippen molar-refractivity contribution in [2.45, 2.75) is 13.5 Å². The van der Waals surface area contributed by atoms with Crippen molar-refractivity contribution in [2.75, 3.05) is 7.05 Å². The Kier molecular flexibility index (Phi) is 7.13. The molecule has 4 aromatic rings. The van der Waals surface area contributed by atoms with Crippen molar-refractivity contribution in [3.05, 3.63) is 118 Å². The van der Waals surface area contributed by atoms with Crippen LogP contribution in [-0.4, -0.2) is 33.5 Å². The van der Waals surface area contributed by atoms with E-state index in [1.165, 1.54) is 7.05 Å². The van der Waals surface area contributed by atoms with Crippen LogP contribution in [0.15, 0.2) is 102 Å². The molecule has 1 aromatic heterocycles.